The molecule has 1 fully saturated rings. The number of para-hydroxylation sites is 1. The van der Waals surface area contributed by atoms with Crippen molar-refractivity contribution >= 4 is 29.2 Å². The second-order valence-corrected chi connectivity index (χ2v) is 6.88. The number of piperazine rings is 1. The largest absolute Gasteiger partial charge is 0.337 e. The number of pyridine rings is 1. The molecule has 1 aromatic carbocycles. The van der Waals surface area contributed by atoms with Crippen molar-refractivity contribution < 1.29 is 0 Å². The second-order valence-electron chi connectivity index (χ2n) is 6.11. The summed E-state index contributed by atoms with van der Waals surface area (Å²) in [6.45, 7) is 4.29. The van der Waals surface area contributed by atoms with Crippen LogP contribution in [0.3, 0.4) is 0 Å². The van der Waals surface area contributed by atoms with Crippen LogP contribution in [0.4, 0.5) is 5.95 Å². The number of halogens is 2. The summed E-state index contributed by atoms with van der Waals surface area (Å²) >= 11 is 12.0. The fourth-order valence-electron chi connectivity index (χ4n) is 3.09. The first kappa shape index (κ1) is 17.2. The molecule has 0 N–H and O–H groups in total. The molecule has 1 aliphatic heterocycles. The van der Waals surface area contributed by atoms with E-state index in [1.54, 1.807) is 4.68 Å². The number of tetrazole rings is 1. The van der Waals surface area contributed by atoms with Gasteiger partial charge in [-0.05, 0) is 40.3 Å². The highest BCUT2D eigenvalue weighted by atomic mass is 35.5. The summed E-state index contributed by atoms with van der Waals surface area (Å²) in [7, 11) is 0. The van der Waals surface area contributed by atoms with Gasteiger partial charge in [-0.25, -0.2) is 4.98 Å². The van der Waals surface area contributed by atoms with Gasteiger partial charge in [0.25, 0.3) is 0 Å². The van der Waals surface area contributed by atoms with Gasteiger partial charge in [0.15, 0.2) is 0 Å². The van der Waals surface area contributed by atoms with Crippen molar-refractivity contribution in [3.8, 4) is 5.69 Å². The lowest BCUT2D eigenvalue weighted by Crippen LogP contribution is -2.46. The number of hydrogen-bond acceptors (Lipinski definition) is 6. The molecule has 0 saturated carbocycles. The van der Waals surface area contributed by atoms with Crippen LogP contribution in [0.5, 0.6) is 0 Å². The zero-order valence-electron chi connectivity index (χ0n) is 14.0. The molecule has 0 spiro atoms. The van der Waals surface area contributed by atoms with Gasteiger partial charge in [-0.1, -0.05) is 46.5 Å². The van der Waals surface area contributed by atoms with Gasteiger partial charge in [-0.15, -0.1) is 0 Å². The lowest BCUT2D eigenvalue weighted by Gasteiger charge is -2.34. The number of hydrogen-bond donors (Lipinski definition) is 0. The third kappa shape index (κ3) is 3.80. The van der Waals surface area contributed by atoms with Crippen LogP contribution < -0.4 is 4.90 Å². The molecule has 0 unspecified atom stereocenters. The van der Waals surface area contributed by atoms with Crippen molar-refractivity contribution in [1.29, 1.82) is 0 Å². The Bertz CT molecular complexity index is 856. The molecule has 0 amide bonds. The highest BCUT2D eigenvalue weighted by Crippen LogP contribution is 2.20. The number of aromatic nitrogens is 5. The molecular formula is C17H17Cl2N7. The maximum Gasteiger partial charge on any atom is 0.250 e. The molecule has 3 aromatic rings. The summed E-state index contributed by atoms with van der Waals surface area (Å²) < 4.78 is 1.78. The van der Waals surface area contributed by atoms with E-state index < -0.39 is 0 Å². The first-order chi connectivity index (χ1) is 12.7. The summed E-state index contributed by atoms with van der Waals surface area (Å²) in [5.74, 6) is 0.769. The molecule has 1 saturated heterocycles. The molecule has 0 aliphatic carbocycles. The van der Waals surface area contributed by atoms with Gasteiger partial charge in [-0.3, -0.25) is 4.90 Å². The van der Waals surface area contributed by atoms with Gasteiger partial charge in [0.05, 0.1) is 5.69 Å². The second kappa shape index (κ2) is 7.57. The molecule has 26 heavy (non-hydrogen) atoms. The Hall–Kier alpha value is -2.22. The summed E-state index contributed by atoms with van der Waals surface area (Å²) in [5.41, 5.74) is 2.02. The molecule has 3 heterocycles. The smallest absolute Gasteiger partial charge is 0.250 e. The van der Waals surface area contributed by atoms with E-state index in [1.165, 1.54) is 0 Å². The molecule has 0 atom stereocenters. The van der Waals surface area contributed by atoms with Crippen molar-refractivity contribution in [2.24, 2.45) is 0 Å². The van der Waals surface area contributed by atoms with E-state index in [1.807, 2.05) is 42.5 Å². The summed E-state index contributed by atoms with van der Waals surface area (Å²) in [5, 5.41) is 13.0. The van der Waals surface area contributed by atoms with Gasteiger partial charge in [0.1, 0.15) is 10.3 Å². The van der Waals surface area contributed by atoms with E-state index in [0.717, 1.165) is 49.9 Å². The number of rotatable bonds is 4. The monoisotopic (exact) mass is 389 g/mol. The third-order valence-electron chi connectivity index (χ3n) is 4.34. The van der Waals surface area contributed by atoms with E-state index in [4.69, 9.17) is 23.2 Å². The predicted molar refractivity (Wildman–Crippen MR) is 101 cm³/mol. The van der Waals surface area contributed by atoms with Crippen LogP contribution in [-0.4, -0.2) is 56.3 Å². The molecule has 2 aromatic heterocycles. The number of nitrogens with zero attached hydrogens (tertiary/aromatic N) is 7. The lowest BCUT2D eigenvalue weighted by molar-refractivity contribution is 0.248. The van der Waals surface area contributed by atoms with Crippen LogP contribution in [0.15, 0.2) is 42.5 Å². The van der Waals surface area contributed by atoms with E-state index >= 15 is 0 Å². The van der Waals surface area contributed by atoms with E-state index in [-0.39, 0.29) is 0 Å². The Morgan fingerprint density at radius 3 is 2.31 bits per heavy atom. The standard InChI is InChI=1S/C17H17Cl2N7/c18-15-10-13(11-16(19)20-15)12-24-6-8-25(9-7-24)17-21-22-23-26(17)14-4-2-1-3-5-14/h1-5,10-11H,6-9,12H2. The molecule has 0 bridgehead atoms. The van der Waals surface area contributed by atoms with E-state index in [2.05, 4.69) is 30.3 Å². The predicted octanol–water partition coefficient (Wildman–Crippen LogP) is 2.69. The molecule has 0 radical (unpaired) electrons. The lowest BCUT2D eigenvalue weighted by atomic mass is 10.2. The number of benzene rings is 1. The summed E-state index contributed by atoms with van der Waals surface area (Å²) in [6, 6.07) is 13.6. The van der Waals surface area contributed by atoms with Gasteiger partial charge < -0.3 is 4.90 Å². The minimum Gasteiger partial charge on any atom is -0.337 e. The van der Waals surface area contributed by atoms with Gasteiger partial charge >= 0.3 is 0 Å². The SMILES string of the molecule is Clc1cc(CN2CCN(c3nnnn3-c3ccccc3)CC2)cc(Cl)n1. The average Bonchev–Trinajstić information content (AvgIpc) is 3.12. The summed E-state index contributed by atoms with van der Waals surface area (Å²) in [4.78, 5) is 8.55. The maximum absolute atomic E-state index is 5.99. The van der Waals surface area contributed by atoms with Crippen LogP contribution in [0.1, 0.15) is 5.56 Å². The van der Waals surface area contributed by atoms with Crippen molar-refractivity contribution in [2.75, 3.05) is 31.1 Å². The minimum absolute atomic E-state index is 0.424. The van der Waals surface area contributed by atoms with Crippen molar-refractivity contribution in [2.45, 2.75) is 6.54 Å². The quantitative estimate of drug-likeness (QED) is 0.639. The van der Waals surface area contributed by atoms with E-state index in [0.29, 0.717) is 10.3 Å². The molecule has 7 nitrogen and oxygen atoms in total. The zero-order valence-corrected chi connectivity index (χ0v) is 15.5. The Morgan fingerprint density at radius 1 is 0.923 bits per heavy atom. The molecule has 134 valence electrons. The van der Waals surface area contributed by atoms with Crippen LogP contribution in [0.25, 0.3) is 5.69 Å². The van der Waals surface area contributed by atoms with Crippen LogP contribution in [0.2, 0.25) is 10.3 Å². The third-order valence-corrected chi connectivity index (χ3v) is 4.72. The summed E-state index contributed by atoms with van der Waals surface area (Å²) in [6.07, 6.45) is 0. The van der Waals surface area contributed by atoms with Gasteiger partial charge in [-0.2, -0.15) is 4.68 Å². The number of anilines is 1. The molecule has 1 aliphatic rings. The highest BCUT2D eigenvalue weighted by Gasteiger charge is 2.22. The highest BCUT2D eigenvalue weighted by molar-refractivity contribution is 6.32. The van der Waals surface area contributed by atoms with Crippen molar-refractivity contribution in [3.63, 3.8) is 0 Å². The van der Waals surface area contributed by atoms with Gasteiger partial charge in [0.2, 0.25) is 5.95 Å². The molecule has 4 rings (SSSR count). The van der Waals surface area contributed by atoms with Crippen LogP contribution >= 0.6 is 23.2 Å². The van der Waals surface area contributed by atoms with Gasteiger partial charge in [0, 0.05) is 32.7 Å². The van der Waals surface area contributed by atoms with Crippen LogP contribution in [-0.2, 0) is 6.54 Å². The Balaban J connectivity index is 1.42. The fraction of sp³-hybridized carbons (Fsp3) is 0.294. The topological polar surface area (TPSA) is 63.0 Å². The van der Waals surface area contributed by atoms with E-state index in [9.17, 15) is 0 Å². The first-order valence-corrected chi connectivity index (χ1v) is 9.08. The fourth-order valence-corrected chi connectivity index (χ4v) is 3.59. The Morgan fingerprint density at radius 2 is 1.62 bits per heavy atom. The average molecular weight is 390 g/mol. The van der Waals surface area contributed by atoms with Crippen molar-refractivity contribution in [3.05, 3.63) is 58.3 Å². The maximum atomic E-state index is 5.99. The Labute approximate surface area is 161 Å². The first-order valence-electron chi connectivity index (χ1n) is 8.32. The van der Waals surface area contributed by atoms with Crippen LogP contribution in [0, 0.1) is 0 Å². The Kier molecular flexibility index (Phi) is 5.01. The zero-order chi connectivity index (χ0) is 17.9. The van der Waals surface area contributed by atoms with Crippen molar-refractivity contribution in [1.82, 2.24) is 30.1 Å². The minimum atomic E-state index is 0.424. The molecular weight excluding hydrogens is 373 g/mol. The molecule has 9 heteroatoms. The normalized spacial score (nSPS) is 15.4.